The Labute approximate surface area is 198 Å². The molecule has 0 saturated heterocycles. The van der Waals surface area contributed by atoms with Crippen molar-refractivity contribution in [2.75, 3.05) is 26.8 Å². The smallest absolute Gasteiger partial charge is 0.343 e. The zero-order valence-electron chi connectivity index (χ0n) is 19.7. The van der Waals surface area contributed by atoms with Gasteiger partial charge in [0.2, 0.25) is 5.91 Å². The van der Waals surface area contributed by atoms with Crippen molar-refractivity contribution in [2.45, 2.75) is 45.6 Å². The molecule has 0 bridgehead atoms. The number of fused-ring (bicyclic) bond motifs is 1. The van der Waals surface area contributed by atoms with Crippen molar-refractivity contribution in [3.05, 3.63) is 63.3 Å². The number of pyridine rings is 1. The molecule has 2 atom stereocenters. The Hall–Kier alpha value is -3.16. The van der Waals surface area contributed by atoms with Crippen molar-refractivity contribution in [3.63, 3.8) is 0 Å². The highest BCUT2D eigenvalue weighted by Crippen LogP contribution is 2.43. The Kier molecular flexibility index (Phi) is 7.34. The van der Waals surface area contributed by atoms with Gasteiger partial charge in [0.1, 0.15) is 17.1 Å². The van der Waals surface area contributed by atoms with Gasteiger partial charge in [-0.25, -0.2) is 9.18 Å². The van der Waals surface area contributed by atoms with Crippen LogP contribution in [0.3, 0.4) is 0 Å². The van der Waals surface area contributed by atoms with Gasteiger partial charge in [-0.2, -0.15) is 0 Å². The molecular weight excluding hydrogens is 439 g/mol. The van der Waals surface area contributed by atoms with Crippen molar-refractivity contribution in [2.24, 2.45) is 11.8 Å². The molecule has 0 spiro atoms. The summed E-state index contributed by atoms with van der Waals surface area (Å²) in [7, 11) is 1.28. The number of halogens is 1. The van der Waals surface area contributed by atoms with E-state index in [0.717, 1.165) is 19.3 Å². The minimum Gasteiger partial charge on any atom is -0.492 e. The number of ether oxygens (including phenoxy) is 2. The topological polar surface area (TPSA) is 77.8 Å². The second-order valence-electron chi connectivity index (χ2n) is 8.97. The fraction of sp³-hybridized carbons (Fsp3) is 0.500. The van der Waals surface area contributed by atoms with E-state index in [1.54, 1.807) is 22.8 Å². The number of carbonyl (C=O) groups is 2. The van der Waals surface area contributed by atoms with Crippen LogP contribution in [0.2, 0.25) is 0 Å². The molecule has 1 aliphatic carbocycles. The number of rotatable bonds is 8. The number of hydrogen-bond donors (Lipinski definition) is 0. The van der Waals surface area contributed by atoms with Gasteiger partial charge in [-0.15, -0.1) is 0 Å². The van der Waals surface area contributed by atoms with Gasteiger partial charge in [-0.1, -0.05) is 31.5 Å². The summed E-state index contributed by atoms with van der Waals surface area (Å²) < 4.78 is 26.3. The molecule has 0 N–H and O–H groups in total. The number of hydrogen-bond acceptors (Lipinski definition) is 5. The van der Waals surface area contributed by atoms with Crippen LogP contribution in [-0.4, -0.2) is 48.1 Å². The molecule has 1 aromatic heterocycles. The van der Waals surface area contributed by atoms with E-state index in [9.17, 15) is 18.8 Å². The molecule has 182 valence electrons. The average Bonchev–Trinajstić information content (AvgIpc) is 3.63. The van der Waals surface area contributed by atoms with Gasteiger partial charge in [-0.05, 0) is 30.4 Å². The van der Waals surface area contributed by atoms with E-state index < -0.39 is 5.97 Å². The molecule has 2 aromatic rings. The van der Waals surface area contributed by atoms with Crippen LogP contribution < -0.4 is 10.3 Å². The van der Waals surface area contributed by atoms with E-state index in [1.807, 2.05) is 4.90 Å². The predicted molar refractivity (Wildman–Crippen MR) is 124 cm³/mol. The zero-order valence-corrected chi connectivity index (χ0v) is 19.7. The van der Waals surface area contributed by atoms with E-state index in [2.05, 4.69) is 6.92 Å². The van der Waals surface area contributed by atoms with E-state index in [-0.39, 0.29) is 47.5 Å². The molecule has 2 heterocycles. The Morgan fingerprint density at radius 3 is 2.71 bits per heavy atom. The highest BCUT2D eigenvalue weighted by Gasteiger charge is 2.44. The third-order valence-electron chi connectivity index (χ3n) is 6.78. The molecule has 1 aliphatic heterocycles. The standard InChI is InChI=1S/C26H31FN2O5/c1-3-6-18-15-19(18)25(31)28-11-9-21-24(26(32)33-2)22(16-23(30)29(21)13-12-28)34-14-10-17-7-4-5-8-20(17)27/h4-5,7-8,16,18-19H,3,6,9-15H2,1-2H3/t18-,19+/m0/s1. The summed E-state index contributed by atoms with van der Waals surface area (Å²) in [5, 5.41) is 0. The summed E-state index contributed by atoms with van der Waals surface area (Å²) in [6.07, 6.45) is 3.69. The van der Waals surface area contributed by atoms with Gasteiger partial charge in [0.25, 0.3) is 5.56 Å². The van der Waals surface area contributed by atoms with Crippen LogP contribution in [0.15, 0.2) is 35.1 Å². The third kappa shape index (κ3) is 5.00. The monoisotopic (exact) mass is 470 g/mol. The summed E-state index contributed by atoms with van der Waals surface area (Å²) in [5.41, 5.74) is 0.897. The normalized spacial score (nSPS) is 19.2. The van der Waals surface area contributed by atoms with Crippen LogP contribution in [-0.2, 0) is 28.9 Å². The van der Waals surface area contributed by atoms with Crippen molar-refractivity contribution >= 4 is 11.9 Å². The first-order chi connectivity index (χ1) is 16.4. The lowest BCUT2D eigenvalue weighted by Crippen LogP contribution is -2.35. The quantitative estimate of drug-likeness (QED) is 0.554. The number of benzene rings is 1. The van der Waals surface area contributed by atoms with Crippen molar-refractivity contribution < 1.29 is 23.5 Å². The van der Waals surface area contributed by atoms with Crippen LogP contribution >= 0.6 is 0 Å². The summed E-state index contributed by atoms with van der Waals surface area (Å²) in [6.45, 7) is 3.38. The van der Waals surface area contributed by atoms with Gasteiger partial charge in [0, 0.05) is 50.2 Å². The lowest BCUT2D eigenvalue weighted by Gasteiger charge is -2.20. The maximum absolute atomic E-state index is 13.9. The SMILES string of the molecule is CCC[C@H]1C[C@H]1C(=O)N1CCc2c(C(=O)OC)c(OCCc3ccccc3F)cc(=O)n2CC1. The number of nitrogens with zero attached hydrogens (tertiary/aromatic N) is 2. The van der Waals surface area contributed by atoms with Gasteiger partial charge < -0.3 is 18.9 Å². The fourth-order valence-corrected chi connectivity index (χ4v) is 4.85. The lowest BCUT2D eigenvalue weighted by molar-refractivity contribution is -0.132. The molecule has 0 unspecified atom stereocenters. The fourth-order valence-electron chi connectivity index (χ4n) is 4.85. The molecule has 1 aromatic carbocycles. The van der Waals surface area contributed by atoms with Crippen LogP contribution in [0.25, 0.3) is 0 Å². The largest absolute Gasteiger partial charge is 0.492 e. The second kappa shape index (κ2) is 10.4. The first kappa shape index (κ1) is 24.0. The Balaban J connectivity index is 1.54. The van der Waals surface area contributed by atoms with Gasteiger partial charge in [0.05, 0.1) is 13.7 Å². The van der Waals surface area contributed by atoms with Gasteiger partial charge in [0.15, 0.2) is 0 Å². The van der Waals surface area contributed by atoms with Crippen LogP contribution in [0.5, 0.6) is 5.75 Å². The number of methoxy groups -OCH3 is 1. The number of aromatic nitrogens is 1. The Morgan fingerprint density at radius 1 is 1.18 bits per heavy atom. The van der Waals surface area contributed by atoms with Crippen molar-refractivity contribution in [1.29, 1.82) is 0 Å². The molecule has 1 amide bonds. The molecule has 4 rings (SSSR count). The average molecular weight is 471 g/mol. The molecule has 1 fully saturated rings. The first-order valence-electron chi connectivity index (χ1n) is 11.9. The van der Waals surface area contributed by atoms with Crippen molar-refractivity contribution in [3.8, 4) is 5.75 Å². The van der Waals surface area contributed by atoms with Crippen molar-refractivity contribution in [1.82, 2.24) is 9.47 Å². The molecule has 0 radical (unpaired) electrons. The van der Waals surface area contributed by atoms with Crippen LogP contribution in [0, 0.1) is 17.7 Å². The third-order valence-corrected chi connectivity index (χ3v) is 6.78. The van der Waals surface area contributed by atoms with Crippen LogP contribution in [0.4, 0.5) is 4.39 Å². The van der Waals surface area contributed by atoms with Gasteiger partial charge in [-0.3, -0.25) is 9.59 Å². The Bertz CT molecular complexity index is 1130. The summed E-state index contributed by atoms with van der Waals surface area (Å²) in [6, 6.07) is 7.69. The minimum absolute atomic E-state index is 0.0789. The molecule has 1 saturated carbocycles. The molecule has 8 heteroatoms. The first-order valence-corrected chi connectivity index (χ1v) is 11.9. The van der Waals surface area contributed by atoms with Crippen LogP contribution in [0.1, 0.15) is 47.8 Å². The maximum Gasteiger partial charge on any atom is 0.343 e. The molecule has 34 heavy (non-hydrogen) atoms. The molecule has 7 nitrogen and oxygen atoms in total. The molecular formula is C26H31FN2O5. The van der Waals surface area contributed by atoms with E-state index in [1.165, 1.54) is 19.2 Å². The summed E-state index contributed by atoms with van der Waals surface area (Å²) in [5.74, 6) is -0.122. The zero-order chi connectivity index (χ0) is 24.2. The number of carbonyl (C=O) groups excluding carboxylic acids is 2. The van der Waals surface area contributed by atoms with E-state index >= 15 is 0 Å². The lowest BCUT2D eigenvalue weighted by atomic mass is 10.1. The maximum atomic E-state index is 13.9. The minimum atomic E-state index is -0.602. The molecule has 2 aliphatic rings. The van der Waals surface area contributed by atoms with E-state index in [4.69, 9.17) is 9.47 Å². The summed E-state index contributed by atoms with van der Waals surface area (Å²) in [4.78, 5) is 40.4. The van der Waals surface area contributed by atoms with Gasteiger partial charge >= 0.3 is 5.97 Å². The summed E-state index contributed by atoms with van der Waals surface area (Å²) >= 11 is 0. The Morgan fingerprint density at radius 2 is 1.97 bits per heavy atom. The second-order valence-corrected chi connectivity index (χ2v) is 8.97. The van der Waals surface area contributed by atoms with E-state index in [0.29, 0.717) is 43.2 Å². The number of esters is 1. The highest BCUT2D eigenvalue weighted by molar-refractivity contribution is 5.93. The highest BCUT2D eigenvalue weighted by atomic mass is 19.1. The predicted octanol–water partition coefficient (Wildman–Crippen LogP) is 3.22. The number of amides is 1.